The molecule has 1 amide bonds. The van der Waals surface area contributed by atoms with E-state index in [4.69, 9.17) is 5.11 Å². The molecule has 0 aromatic carbocycles. The minimum absolute atomic E-state index is 0.0615. The molecule has 1 saturated heterocycles. The fourth-order valence-corrected chi connectivity index (χ4v) is 4.37. The van der Waals surface area contributed by atoms with Gasteiger partial charge in [-0.3, -0.25) is 9.59 Å². The number of carbonyl (C=O) groups excluding carboxylic acids is 1. The van der Waals surface area contributed by atoms with Crippen LogP contribution in [0.3, 0.4) is 0 Å². The number of hydrogen-bond donors (Lipinski definition) is 1. The summed E-state index contributed by atoms with van der Waals surface area (Å²) in [5, 5.41) is 9.94. The first-order valence-corrected chi connectivity index (χ1v) is 7.58. The zero-order valence-corrected chi connectivity index (χ0v) is 11.8. The Morgan fingerprint density at radius 3 is 2.17 bits per heavy atom. The molecule has 4 unspecified atom stereocenters. The Kier molecular flexibility index (Phi) is 4.20. The molecule has 1 aliphatic heterocycles. The molecule has 0 aromatic heterocycles. The molecule has 4 nitrogen and oxygen atoms in total. The van der Waals surface area contributed by atoms with E-state index < -0.39 is 5.97 Å². The van der Waals surface area contributed by atoms with E-state index in [9.17, 15) is 9.59 Å². The predicted molar refractivity (Wildman–Crippen MR) is 71.6 cm³/mol. The minimum atomic E-state index is -0.749. The minimum Gasteiger partial charge on any atom is -0.481 e. The van der Waals surface area contributed by atoms with Gasteiger partial charge in [0.1, 0.15) is 0 Å². The lowest BCUT2D eigenvalue weighted by Gasteiger charge is -2.36. The van der Waals surface area contributed by atoms with Gasteiger partial charge in [-0.1, -0.05) is 13.8 Å². The predicted octanol–water partition coefficient (Wildman–Crippen LogP) is 1.84. The van der Waals surface area contributed by atoms with Gasteiger partial charge in [0.25, 0.3) is 0 Å². The van der Waals surface area contributed by atoms with Crippen LogP contribution >= 0.6 is 11.8 Å². The van der Waals surface area contributed by atoms with Crippen LogP contribution in [0, 0.1) is 11.8 Å². The Labute approximate surface area is 112 Å². The molecular weight excluding hydrogens is 250 g/mol. The maximum absolute atomic E-state index is 12.4. The molecule has 2 aliphatic rings. The lowest BCUT2D eigenvalue weighted by atomic mass is 10.0. The Hall–Kier alpha value is -0.710. The number of hydrogen-bond acceptors (Lipinski definition) is 3. The maximum Gasteiger partial charge on any atom is 0.306 e. The fourth-order valence-electron chi connectivity index (χ4n) is 3.05. The van der Waals surface area contributed by atoms with Crippen LogP contribution in [0.15, 0.2) is 0 Å². The van der Waals surface area contributed by atoms with E-state index in [1.807, 2.05) is 16.7 Å². The highest BCUT2D eigenvalue weighted by Gasteiger charge is 2.37. The van der Waals surface area contributed by atoms with Crippen LogP contribution in [0.1, 0.15) is 33.1 Å². The van der Waals surface area contributed by atoms with Crippen molar-refractivity contribution < 1.29 is 14.7 Å². The van der Waals surface area contributed by atoms with E-state index in [1.54, 1.807) is 0 Å². The van der Waals surface area contributed by atoms with Crippen molar-refractivity contribution in [3.05, 3.63) is 0 Å². The molecule has 0 aromatic rings. The summed E-state index contributed by atoms with van der Waals surface area (Å²) in [5.74, 6) is -0.944. The number of carbonyl (C=O) groups is 2. The van der Waals surface area contributed by atoms with Crippen LogP contribution in [0.4, 0.5) is 0 Å². The monoisotopic (exact) mass is 271 g/mol. The molecule has 1 N–H and O–H groups in total. The molecule has 0 bridgehead atoms. The molecule has 4 atom stereocenters. The maximum atomic E-state index is 12.4. The smallest absolute Gasteiger partial charge is 0.306 e. The zero-order valence-electron chi connectivity index (χ0n) is 11.0. The average molecular weight is 271 g/mol. The van der Waals surface area contributed by atoms with Crippen molar-refractivity contribution in [2.75, 3.05) is 13.1 Å². The van der Waals surface area contributed by atoms with Crippen molar-refractivity contribution in [2.24, 2.45) is 11.8 Å². The summed E-state index contributed by atoms with van der Waals surface area (Å²) in [6.07, 6.45) is 1.92. The van der Waals surface area contributed by atoms with Crippen LogP contribution in [-0.2, 0) is 9.59 Å². The van der Waals surface area contributed by atoms with E-state index in [0.29, 0.717) is 23.3 Å². The van der Waals surface area contributed by atoms with Gasteiger partial charge in [0.05, 0.1) is 5.92 Å². The van der Waals surface area contributed by atoms with Gasteiger partial charge in [-0.25, -0.2) is 0 Å². The second-order valence-corrected chi connectivity index (χ2v) is 7.43. The second kappa shape index (κ2) is 5.51. The van der Waals surface area contributed by atoms with Gasteiger partial charge >= 0.3 is 5.97 Å². The molecule has 2 rings (SSSR count). The largest absolute Gasteiger partial charge is 0.481 e. The Morgan fingerprint density at radius 2 is 1.67 bits per heavy atom. The summed E-state index contributed by atoms with van der Waals surface area (Å²) in [5.41, 5.74) is 0. The molecule has 18 heavy (non-hydrogen) atoms. The average Bonchev–Trinajstić information content (AvgIpc) is 2.75. The van der Waals surface area contributed by atoms with Crippen molar-refractivity contribution in [3.63, 3.8) is 0 Å². The first kappa shape index (κ1) is 13.7. The number of carboxylic acid groups (broad SMARTS) is 1. The third kappa shape index (κ3) is 2.99. The quantitative estimate of drug-likeness (QED) is 0.832. The van der Waals surface area contributed by atoms with Gasteiger partial charge in [0.15, 0.2) is 0 Å². The molecule has 0 spiro atoms. The van der Waals surface area contributed by atoms with Crippen molar-refractivity contribution in [2.45, 2.75) is 43.6 Å². The highest BCUT2D eigenvalue weighted by atomic mass is 32.2. The topological polar surface area (TPSA) is 57.6 Å². The van der Waals surface area contributed by atoms with Gasteiger partial charge in [0, 0.05) is 29.5 Å². The van der Waals surface area contributed by atoms with Crippen molar-refractivity contribution in [1.82, 2.24) is 4.90 Å². The summed E-state index contributed by atoms with van der Waals surface area (Å²) in [6.45, 7) is 5.91. The number of amides is 1. The summed E-state index contributed by atoms with van der Waals surface area (Å²) >= 11 is 1.92. The van der Waals surface area contributed by atoms with Crippen LogP contribution < -0.4 is 0 Å². The van der Waals surface area contributed by atoms with Gasteiger partial charge in [-0.15, -0.1) is 0 Å². The van der Waals surface area contributed by atoms with E-state index in [1.165, 1.54) is 0 Å². The number of aliphatic carboxylic acids is 1. The Balaban J connectivity index is 1.93. The van der Waals surface area contributed by atoms with Gasteiger partial charge in [-0.05, 0) is 19.3 Å². The van der Waals surface area contributed by atoms with Crippen molar-refractivity contribution >= 4 is 23.6 Å². The molecule has 2 fully saturated rings. The Morgan fingerprint density at radius 1 is 1.11 bits per heavy atom. The van der Waals surface area contributed by atoms with Crippen molar-refractivity contribution in [1.29, 1.82) is 0 Å². The first-order valence-electron chi connectivity index (χ1n) is 6.64. The van der Waals surface area contributed by atoms with E-state index in [2.05, 4.69) is 13.8 Å². The molecule has 0 radical (unpaired) electrons. The fraction of sp³-hybridized carbons (Fsp3) is 0.846. The molecule has 1 saturated carbocycles. The molecule has 1 heterocycles. The summed E-state index contributed by atoms with van der Waals surface area (Å²) in [6, 6.07) is 0. The highest BCUT2D eigenvalue weighted by Crippen LogP contribution is 2.34. The highest BCUT2D eigenvalue weighted by molar-refractivity contribution is 8.00. The third-order valence-corrected chi connectivity index (χ3v) is 5.09. The molecular formula is C13H21NO3S. The molecule has 5 heteroatoms. The lowest BCUT2D eigenvalue weighted by Crippen LogP contribution is -2.46. The van der Waals surface area contributed by atoms with Gasteiger partial charge < -0.3 is 10.0 Å². The van der Waals surface area contributed by atoms with Crippen molar-refractivity contribution in [3.8, 4) is 0 Å². The SMILES string of the molecule is CC1CN(C(=O)C2CCC(C(=O)O)C2)CC(C)S1. The van der Waals surface area contributed by atoms with E-state index in [0.717, 1.165) is 19.5 Å². The number of rotatable bonds is 2. The van der Waals surface area contributed by atoms with Gasteiger partial charge in [0.2, 0.25) is 5.91 Å². The number of carboxylic acids is 1. The number of nitrogens with zero attached hydrogens (tertiary/aromatic N) is 1. The summed E-state index contributed by atoms with van der Waals surface area (Å²) in [4.78, 5) is 25.3. The van der Waals surface area contributed by atoms with Crippen LogP contribution in [-0.4, -0.2) is 45.5 Å². The second-order valence-electron chi connectivity index (χ2n) is 5.55. The standard InChI is InChI=1S/C13H21NO3S/c1-8-6-14(7-9(2)18-8)12(15)10-3-4-11(5-10)13(16)17/h8-11H,3-7H2,1-2H3,(H,16,17). The zero-order chi connectivity index (χ0) is 13.3. The molecule has 1 aliphatic carbocycles. The van der Waals surface area contributed by atoms with Crippen LogP contribution in [0.2, 0.25) is 0 Å². The van der Waals surface area contributed by atoms with E-state index >= 15 is 0 Å². The van der Waals surface area contributed by atoms with Gasteiger partial charge in [-0.2, -0.15) is 11.8 Å². The van der Waals surface area contributed by atoms with Crippen LogP contribution in [0.25, 0.3) is 0 Å². The number of thioether (sulfide) groups is 1. The van der Waals surface area contributed by atoms with E-state index in [-0.39, 0.29) is 17.7 Å². The first-order chi connectivity index (χ1) is 8.47. The van der Waals surface area contributed by atoms with Crippen LogP contribution in [0.5, 0.6) is 0 Å². The lowest BCUT2D eigenvalue weighted by molar-refractivity contribution is -0.141. The summed E-state index contributed by atoms with van der Waals surface area (Å²) in [7, 11) is 0. The third-order valence-electron chi connectivity index (χ3n) is 3.86. The Bertz CT molecular complexity index is 337. The summed E-state index contributed by atoms with van der Waals surface area (Å²) < 4.78 is 0. The molecule has 102 valence electrons. The normalized spacial score (nSPS) is 36.7.